The molecule has 9 nitrogen and oxygen atoms in total. The molecule has 0 radical (unpaired) electrons. The monoisotopic (exact) mass is 362 g/mol. The van der Waals surface area contributed by atoms with E-state index in [0.29, 0.717) is 16.9 Å². The Kier molecular flexibility index (Phi) is 8.95. The molecule has 1 aromatic carbocycles. The Labute approximate surface area is 148 Å². The topological polar surface area (TPSA) is 131 Å². The summed E-state index contributed by atoms with van der Waals surface area (Å²) in [6.07, 6.45) is 3.46. The summed E-state index contributed by atoms with van der Waals surface area (Å²) in [5.41, 5.74) is 2.47. The van der Waals surface area contributed by atoms with Gasteiger partial charge in [0.1, 0.15) is 18.8 Å². The van der Waals surface area contributed by atoms with Crippen molar-refractivity contribution < 1.29 is 29.1 Å². The molecule has 9 heteroatoms. The van der Waals surface area contributed by atoms with Crippen LogP contribution in [0, 0.1) is 12.3 Å². The average molecular weight is 362 g/mol. The lowest BCUT2D eigenvalue weighted by Crippen LogP contribution is -2.20. The van der Waals surface area contributed by atoms with Crippen LogP contribution in [0.15, 0.2) is 44.7 Å². The van der Waals surface area contributed by atoms with Gasteiger partial charge in [-0.25, -0.2) is 9.59 Å². The van der Waals surface area contributed by atoms with Gasteiger partial charge in [-0.3, -0.25) is 4.84 Å². The number of carboxylic acid groups (broad SMARTS) is 1. The van der Waals surface area contributed by atoms with Crippen LogP contribution in [-0.4, -0.2) is 41.8 Å². The molecule has 138 valence electrons. The summed E-state index contributed by atoms with van der Waals surface area (Å²) in [7, 11) is 0. The van der Waals surface area contributed by atoms with Gasteiger partial charge in [0.05, 0.1) is 17.9 Å². The van der Waals surface area contributed by atoms with Crippen molar-refractivity contribution in [2.45, 2.75) is 6.92 Å². The molecule has 1 heterocycles. The molecule has 0 aliphatic heterocycles. The van der Waals surface area contributed by atoms with Gasteiger partial charge in [-0.15, -0.1) is 6.42 Å². The van der Waals surface area contributed by atoms with Crippen LogP contribution in [0.3, 0.4) is 0 Å². The van der Waals surface area contributed by atoms with E-state index in [2.05, 4.69) is 15.9 Å². The van der Waals surface area contributed by atoms with Crippen LogP contribution in [0.5, 0.6) is 0 Å². The van der Waals surface area contributed by atoms with E-state index in [4.69, 9.17) is 25.9 Å². The molecular weight excluding hydrogens is 344 g/mol. The molecule has 2 aromatic rings. The first-order valence-electron chi connectivity index (χ1n) is 7.34. The summed E-state index contributed by atoms with van der Waals surface area (Å²) < 4.78 is 5.18. The molecule has 0 unspecified atom stereocenters. The standard InChI is InChI=1S/C13H13NO4.C4H5NO3/c1-9(14-17-7-6-15)11-8-10-4-2-3-5-12(10)18-13(11)16;1-2-3-8-5-4(6)7/h2-5,8,15H,6-7H2,1H3;1,5H,3H2,(H,6,7). The highest BCUT2D eigenvalue weighted by Gasteiger charge is 2.08. The third-order valence-electron chi connectivity index (χ3n) is 2.73. The lowest BCUT2D eigenvalue weighted by Gasteiger charge is -2.02. The number of benzene rings is 1. The molecule has 0 saturated carbocycles. The van der Waals surface area contributed by atoms with Gasteiger partial charge in [0.15, 0.2) is 0 Å². The van der Waals surface area contributed by atoms with Crippen molar-refractivity contribution >= 4 is 22.8 Å². The van der Waals surface area contributed by atoms with Gasteiger partial charge >= 0.3 is 11.7 Å². The zero-order valence-electron chi connectivity index (χ0n) is 14.0. The second-order valence-electron chi connectivity index (χ2n) is 4.62. The number of hydrogen-bond donors (Lipinski definition) is 3. The predicted molar refractivity (Wildman–Crippen MR) is 93.7 cm³/mol. The number of aliphatic hydroxyl groups is 1. The summed E-state index contributed by atoms with van der Waals surface area (Å²) in [6.45, 7) is 1.57. The van der Waals surface area contributed by atoms with E-state index >= 15 is 0 Å². The summed E-state index contributed by atoms with van der Waals surface area (Å²) in [5.74, 6) is 2.08. The lowest BCUT2D eigenvalue weighted by molar-refractivity contribution is 0.0621. The zero-order chi connectivity index (χ0) is 19.4. The molecule has 0 saturated heterocycles. The number of carbonyl (C=O) groups is 1. The summed E-state index contributed by atoms with van der Waals surface area (Å²) >= 11 is 0. The Balaban J connectivity index is 0.000000359. The van der Waals surface area contributed by atoms with Gasteiger partial charge in [-0.2, -0.15) is 5.48 Å². The number of nitrogens with zero attached hydrogens (tertiary/aromatic N) is 1. The molecule has 1 aromatic heterocycles. The van der Waals surface area contributed by atoms with Crippen molar-refractivity contribution in [3.8, 4) is 12.3 Å². The van der Waals surface area contributed by atoms with Gasteiger partial charge in [-0.05, 0) is 19.1 Å². The average Bonchev–Trinajstić information content (AvgIpc) is 2.61. The SMILES string of the molecule is C#CCONC(=O)O.CC(=NOCCO)c1cc2ccccc2oc1=O. The number of fused-ring (bicyclic) bond motifs is 1. The van der Waals surface area contributed by atoms with Crippen LogP contribution >= 0.6 is 0 Å². The van der Waals surface area contributed by atoms with Crippen LogP contribution in [0.1, 0.15) is 12.5 Å². The van der Waals surface area contributed by atoms with E-state index in [-0.39, 0.29) is 19.8 Å². The number of aliphatic hydroxyl groups excluding tert-OH is 1. The Bertz CT molecular complexity index is 852. The van der Waals surface area contributed by atoms with Gasteiger partial charge in [0.2, 0.25) is 0 Å². The van der Waals surface area contributed by atoms with Crippen molar-refractivity contribution in [1.29, 1.82) is 0 Å². The van der Waals surface area contributed by atoms with Crippen molar-refractivity contribution in [2.75, 3.05) is 19.8 Å². The third-order valence-corrected chi connectivity index (χ3v) is 2.73. The molecule has 0 fully saturated rings. The Morgan fingerprint density at radius 1 is 1.42 bits per heavy atom. The molecular formula is C17H18N2O7. The first kappa shape index (κ1) is 20.7. The maximum atomic E-state index is 11.8. The fourth-order valence-electron chi connectivity index (χ4n) is 1.69. The molecule has 0 bridgehead atoms. The quantitative estimate of drug-likeness (QED) is 0.232. The summed E-state index contributed by atoms with van der Waals surface area (Å²) in [4.78, 5) is 30.3. The molecule has 26 heavy (non-hydrogen) atoms. The minimum atomic E-state index is -1.25. The van der Waals surface area contributed by atoms with Crippen molar-refractivity contribution in [3.63, 3.8) is 0 Å². The molecule has 1 amide bonds. The van der Waals surface area contributed by atoms with E-state index in [0.717, 1.165) is 5.39 Å². The van der Waals surface area contributed by atoms with Crippen molar-refractivity contribution in [2.24, 2.45) is 5.16 Å². The highest BCUT2D eigenvalue weighted by atomic mass is 16.7. The van der Waals surface area contributed by atoms with Crippen molar-refractivity contribution in [3.05, 3.63) is 46.3 Å². The normalized spacial score (nSPS) is 10.4. The maximum absolute atomic E-state index is 11.8. The Hall–Kier alpha value is -3.35. The fraction of sp³-hybridized carbons (Fsp3) is 0.235. The molecule has 0 spiro atoms. The molecule has 0 aliphatic rings. The first-order valence-corrected chi connectivity index (χ1v) is 7.34. The highest BCUT2D eigenvalue weighted by molar-refractivity contribution is 6.00. The van der Waals surface area contributed by atoms with Crippen LogP contribution < -0.4 is 11.1 Å². The smallest absolute Gasteiger partial charge is 0.428 e. The van der Waals surface area contributed by atoms with E-state index in [1.54, 1.807) is 30.6 Å². The number of rotatable bonds is 6. The number of para-hydroxylation sites is 1. The predicted octanol–water partition coefficient (Wildman–Crippen LogP) is 1.34. The van der Waals surface area contributed by atoms with Crippen molar-refractivity contribution in [1.82, 2.24) is 5.48 Å². The fourth-order valence-corrected chi connectivity index (χ4v) is 1.69. The zero-order valence-corrected chi connectivity index (χ0v) is 14.0. The first-order chi connectivity index (χ1) is 12.5. The number of oxime groups is 1. The number of amides is 1. The second-order valence-corrected chi connectivity index (χ2v) is 4.62. The van der Waals surface area contributed by atoms with E-state index in [9.17, 15) is 9.59 Å². The third kappa shape index (κ3) is 7.04. The van der Waals surface area contributed by atoms with E-state index in [1.807, 2.05) is 12.1 Å². The van der Waals surface area contributed by atoms with Crippen LogP contribution in [0.25, 0.3) is 11.0 Å². The largest absolute Gasteiger partial charge is 0.464 e. The summed E-state index contributed by atoms with van der Waals surface area (Å²) in [6, 6.07) is 8.96. The van der Waals surface area contributed by atoms with Crippen LogP contribution in [0.4, 0.5) is 4.79 Å². The highest BCUT2D eigenvalue weighted by Crippen LogP contribution is 2.13. The Morgan fingerprint density at radius 3 is 2.81 bits per heavy atom. The maximum Gasteiger partial charge on any atom is 0.428 e. The second kappa shape index (κ2) is 11.2. The van der Waals surface area contributed by atoms with Gasteiger partial charge < -0.3 is 19.5 Å². The molecule has 0 atom stereocenters. The summed E-state index contributed by atoms with van der Waals surface area (Å²) in [5, 5.41) is 21.0. The number of nitrogens with one attached hydrogen (secondary N) is 1. The Morgan fingerprint density at radius 2 is 2.15 bits per heavy atom. The van der Waals surface area contributed by atoms with Gasteiger partial charge in [-0.1, -0.05) is 29.3 Å². The molecule has 3 N–H and O–H groups in total. The van der Waals surface area contributed by atoms with E-state index in [1.165, 1.54) is 0 Å². The lowest BCUT2D eigenvalue weighted by atomic mass is 10.1. The molecule has 2 rings (SSSR count). The van der Waals surface area contributed by atoms with Crippen LogP contribution in [-0.2, 0) is 9.68 Å². The van der Waals surface area contributed by atoms with Crippen LogP contribution in [0.2, 0.25) is 0 Å². The number of hydroxylamine groups is 1. The van der Waals surface area contributed by atoms with Gasteiger partial charge in [0, 0.05) is 5.39 Å². The van der Waals surface area contributed by atoms with Gasteiger partial charge in [0.25, 0.3) is 0 Å². The number of hydrogen-bond acceptors (Lipinski definition) is 7. The number of terminal acetylenes is 1. The molecule has 0 aliphatic carbocycles. The minimum Gasteiger partial charge on any atom is -0.464 e. The van der Waals surface area contributed by atoms with E-state index < -0.39 is 11.7 Å². The minimum absolute atomic E-state index is 0.0493.